The van der Waals surface area contributed by atoms with Crippen LogP contribution < -0.4 is 10.6 Å². The van der Waals surface area contributed by atoms with Crippen LogP contribution in [-0.4, -0.2) is 27.1 Å². The Bertz CT molecular complexity index is 1550. The molecule has 0 aliphatic heterocycles. The number of nitriles is 1. The highest BCUT2D eigenvalue weighted by Crippen LogP contribution is 2.75. The summed E-state index contributed by atoms with van der Waals surface area (Å²) in [6.07, 6.45) is 11.5. The van der Waals surface area contributed by atoms with Gasteiger partial charge in [0.25, 0.3) is 5.91 Å². The Kier molecular flexibility index (Phi) is 4.90. The van der Waals surface area contributed by atoms with E-state index >= 15 is 0 Å². The van der Waals surface area contributed by atoms with Crippen molar-refractivity contribution in [2.24, 2.45) is 23.2 Å². The Balaban J connectivity index is 1.18. The number of carbonyl (C=O) groups is 1. The van der Waals surface area contributed by atoms with Crippen LogP contribution in [0.25, 0.3) is 22.1 Å². The molecule has 37 heavy (non-hydrogen) atoms. The van der Waals surface area contributed by atoms with Crippen LogP contribution in [0.5, 0.6) is 0 Å². The number of H-pyrrole nitrogens is 1. The molecule has 1 spiro atoms. The summed E-state index contributed by atoms with van der Waals surface area (Å²) in [4.78, 5) is 18.1. The third-order valence-corrected chi connectivity index (χ3v) is 9.07. The zero-order valence-corrected chi connectivity index (χ0v) is 20.6. The normalized spacial score (nSPS) is 27.5. The fourth-order valence-electron chi connectivity index (χ4n) is 7.45. The van der Waals surface area contributed by atoms with Crippen LogP contribution >= 0.6 is 0 Å². The van der Waals surface area contributed by atoms with Gasteiger partial charge in [-0.2, -0.15) is 10.4 Å². The average Bonchev–Trinajstić information content (AvgIpc) is 3.24. The minimum atomic E-state index is -0.399. The highest BCUT2D eigenvalue weighted by Gasteiger charge is 2.68. The molecule has 5 atom stereocenters. The molecule has 4 saturated carbocycles. The Labute approximate surface area is 214 Å². The number of rotatable bonds is 6. The number of amides is 1. The summed E-state index contributed by atoms with van der Waals surface area (Å²) in [5, 5.41) is 23.8. The van der Waals surface area contributed by atoms with Gasteiger partial charge in [-0.05, 0) is 61.0 Å². The molecule has 0 saturated heterocycles. The molecule has 8 rings (SSSR count). The smallest absolute Gasteiger partial charge is 0.261 e. The zero-order chi connectivity index (χ0) is 25.1. The summed E-state index contributed by atoms with van der Waals surface area (Å²) in [6, 6.07) is 11.8. The summed E-state index contributed by atoms with van der Waals surface area (Å²) in [6.45, 7) is 2.34. The Morgan fingerprint density at radius 3 is 2.97 bits per heavy atom. The molecule has 3 heterocycles. The second-order valence-electron chi connectivity index (χ2n) is 10.9. The van der Waals surface area contributed by atoms with Gasteiger partial charge < -0.3 is 15.1 Å². The number of hydrogen-bond donors (Lipinski definition) is 3. The second kappa shape index (κ2) is 8.20. The molecule has 2 bridgehead atoms. The first-order valence-corrected chi connectivity index (χ1v) is 13.1. The molecule has 3 N–H and O–H groups in total. The molecule has 186 valence electrons. The van der Waals surface area contributed by atoms with Crippen LogP contribution in [0.3, 0.4) is 0 Å². The van der Waals surface area contributed by atoms with Gasteiger partial charge in [0.05, 0.1) is 12.4 Å². The van der Waals surface area contributed by atoms with Gasteiger partial charge in [0.15, 0.2) is 5.58 Å². The summed E-state index contributed by atoms with van der Waals surface area (Å²) in [5.41, 5.74) is 3.59. The lowest BCUT2D eigenvalue weighted by Gasteiger charge is -2.46. The molecule has 8 nitrogen and oxygen atoms in total. The predicted octanol–water partition coefficient (Wildman–Crippen LogP) is 5.97. The number of hydrogen-bond acceptors (Lipinski definition) is 6. The fraction of sp³-hybridized carbons (Fsp3) is 0.379. The molecular formula is C29H28N6O2. The van der Waals surface area contributed by atoms with Crippen molar-refractivity contribution in [3.63, 3.8) is 0 Å². The Morgan fingerprint density at radius 2 is 2.16 bits per heavy atom. The van der Waals surface area contributed by atoms with Crippen LogP contribution in [-0.2, 0) is 0 Å². The lowest BCUT2D eigenvalue weighted by atomic mass is 9.59. The summed E-state index contributed by atoms with van der Waals surface area (Å²) >= 11 is 0. The fourth-order valence-corrected chi connectivity index (χ4v) is 7.45. The third kappa shape index (κ3) is 3.45. The molecule has 8 heteroatoms. The second-order valence-corrected chi connectivity index (χ2v) is 10.9. The standard InChI is InChI=1S/C29H28N6O2/c1-2-22-16-7-19(8-18-11-29(18,22)10-16)34-26-9-21-25(15-31-26)37-24(12-30)27(21)28(36)35-23-6-4-3-5-20(23)17-13-32-33-14-17/h3-6,9,13-16,18-19,22H,2,7-8,10-11H2,1H3,(H,31,34)(H,32,33)(H,35,36). The molecule has 4 aliphatic rings. The van der Waals surface area contributed by atoms with Gasteiger partial charge >= 0.3 is 0 Å². The van der Waals surface area contributed by atoms with Crippen molar-refractivity contribution in [2.75, 3.05) is 10.6 Å². The predicted molar refractivity (Wildman–Crippen MR) is 140 cm³/mol. The minimum absolute atomic E-state index is 0.0201. The molecule has 1 aromatic carbocycles. The number of aromatic amines is 1. The number of benzene rings is 1. The number of pyridine rings is 1. The van der Waals surface area contributed by atoms with Gasteiger partial charge in [0.1, 0.15) is 17.5 Å². The molecule has 0 radical (unpaired) electrons. The minimum Gasteiger partial charge on any atom is -0.443 e. The SMILES string of the molecule is CCC1C2CC(Nc3cc4c(C(=O)Nc5ccccc5-c5cn[nH]c5)c(C#N)oc4cn3)CC3CC31C2. The van der Waals surface area contributed by atoms with E-state index < -0.39 is 5.91 Å². The maximum absolute atomic E-state index is 13.5. The van der Waals surface area contributed by atoms with E-state index in [4.69, 9.17) is 4.42 Å². The zero-order valence-electron chi connectivity index (χ0n) is 20.6. The Hall–Kier alpha value is -4.12. The first-order valence-electron chi connectivity index (χ1n) is 13.1. The number of nitrogens with zero attached hydrogens (tertiary/aromatic N) is 3. The lowest BCUT2D eigenvalue weighted by Crippen LogP contribution is -2.39. The van der Waals surface area contributed by atoms with Crippen LogP contribution in [0.2, 0.25) is 0 Å². The van der Waals surface area contributed by atoms with Gasteiger partial charge in [0, 0.05) is 34.4 Å². The number of aromatic nitrogens is 3. The van der Waals surface area contributed by atoms with E-state index in [1.54, 1.807) is 18.6 Å². The molecule has 1 amide bonds. The molecular weight excluding hydrogens is 464 g/mol. The Morgan fingerprint density at radius 1 is 1.27 bits per heavy atom. The highest BCUT2D eigenvalue weighted by atomic mass is 16.3. The third-order valence-electron chi connectivity index (χ3n) is 9.07. The highest BCUT2D eigenvalue weighted by molar-refractivity contribution is 6.15. The van der Waals surface area contributed by atoms with E-state index in [9.17, 15) is 10.1 Å². The van der Waals surface area contributed by atoms with Crippen molar-refractivity contribution in [3.8, 4) is 17.2 Å². The van der Waals surface area contributed by atoms with Crippen molar-refractivity contribution in [3.05, 3.63) is 60.2 Å². The van der Waals surface area contributed by atoms with Gasteiger partial charge in [-0.1, -0.05) is 31.5 Å². The van der Waals surface area contributed by atoms with Crippen molar-refractivity contribution in [1.82, 2.24) is 15.2 Å². The maximum Gasteiger partial charge on any atom is 0.261 e. The van der Waals surface area contributed by atoms with Crippen LogP contribution in [0, 0.1) is 34.5 Å². The van der Waals surface area contributed by atoms with Gasteiger partial charge in [-0.15, -0.1) is 0 Å². The summed E-state index contributed by atoms with van der Waals surface area (Å²) in [5.74, 6) is 2.81. The van der Waals surface area contributed by atoms with Crippen LogP contribution in [0.15, 0.2) is 53.3 Å². The van der Waals surface area contributed by atoms with Crippen LogP contribution in [0.4, 0.5) is 11.5 Å². The number of furan rings is 1. The van der Waals surface area contributed by atoms with E-state index in [-0.39, 0.29) is 11.3 Å². The van der Waals surface area contributed by atoms with Crippen LogP contribution in [0.1, 0.15) is 55.1 Å². The van der Waals surface area contributed by atoms with E-state index in [2.05, 4.69) is 32.7 Å². The molecule has 5 unspecified atom stereocenters. The van der Waals surface area contributed by atoms with Crippen molar-refractivity contribution < 1.29 is 9.21 Å². The molecule has 4 aliphatic carbocycles. The van der Waals surface area contributed by atoms with E-state index in [0.29, 0.717) is 28.1 Å². The van der Waals surface area contributed by atoms with Gasteiger partial charge in [-0.25, -0.2) is 4.98 Å². The maximum atomic E-state index is 13.5. The van der Waals surface area contributed by atoms with Gasteiger partial charge in [0.2, 0.25) is 5.76 Å². The lowest BCUT2D eigenvalue weighted by molar-refractivity contribution is 0.0368. The van der Waals surface area contributed by atoms with Crippen molar-refractivity contribution in [1.29, 1.82) is 5.26 Å². The van der Waals surface area contributed by atoms with E-state index in [0.717, 1.165) is 34.7 Å². The number of fused-ring (bicyclic) bond motifs is 3. The largest absolute Gasteiger partial charge is 0.443 e. The molecule has 4 fully saturated rings. The number of carbonyl (C=O) groups excluding carboxylic acids is 1. The summed E-state index contributed by atoms with van der Waals surface area (Å²) in [7, 11) is 0. The van der Waals surface area contributed by atoms with Crippen molar-refractivity contribution >= 4 is 28.4 Å². The summed E-state index contributed by atoms with van der Waals surface area (Å²) < 4.78 is 5.72. The topological polar surface area (TPSA) is 120 Å². The first-order chi connectivity index (χ1) is 18.1. The molecule has 4 aromatic rings. The number of nitrogens with one attached hydrogen (secondary N) is 3. The van der Waals surface area contributed by atoms with Gasteiger partial charge in [-0.3, -0.25) is 9.89 Å². The number of para-hydroxylation sites is 1. The van der Waals surface area contributed by atoms with E-state index in [1.807, 2.05) is 36.4 Å². The average molecular weight is 493 g/mol. The quantitative estimate of drug-likeness (QED) is 0.305. The first kappa shape index (κ1) is 22.1. The molecule has 3 aromatic heterocycles. The van der Waals surface area contributed by atoms with E-state index in [1.165, 1.54) is 32.1 Å². The van der Waals surface area contributed by atoms with Crippen molar-refractivity contribution in [2.45, 2.75) is 45.1 Å². The monoisotopic (exact) mass is 492 g/mol. The number of anilines is 2.